The van der Waals surface area contributed by atoms with E-state index in [4.69, 9.17) is 9.47 Å². The lowest BCUT2D eigenvalue weighted by molar-refractivity contribution is -0.194. The maximum atomic E-state index is 9.50. The Morgan fingerprint density at radius 2 is 2.00 bits per heavy atom. The molecule has 2 aliphatic rings. The van der Waals surface area contributed by atoms with Crippen LogP contribution in [0.2, 0.25) is 0 Å². The molecular formula is C16H20N2O2. The molecule has 0 aromatic heterocycles. The summed E-state index contributed by atoms with van der Waals surface area (Å²) in [4.78, 5) is 2.26. The molecule has 1 aromatic rings. The van der Waals surface area contributed by atoms with E-state index in [-0.39, 0.29) is 12.1 Å². The van der Waals surface area contributed by atoms with Gasteiger partial charge in [-0.25, -0.2) is 0 Å². The van der Waals surface area contributed by atoms with Crippen LogP contribution < -0.4 is 0 Å². The minimum atomic E-state index is -0.507. The van der Waals surface area contributed by atoms with E-state index in [1.807, 2.05) is 18.2 Å². The Morgan fingerprint density at radius 1 is 1.30 bits per heavy atom. The third-order valence-electron chi connectivity index (χ3n) is 4.40. The molecule has 2 aliphatic heterocycles. The molecule has 3 rings (SSSR count). The van der Waals surface area contributed by atoms with Crippen LogP contribution in [0.3, 0.4) is 0 Å². The van der Waals surface area contributed by atoms with Crippen LogP contribution in [0.5, 0.6) is 0 Å². The van der Waals surface area contributed by atoms with Crippen LogP contribution in [0.25, 0.3) is 0 Å². The van der Waals surface area contributed by atoms with Crippen molar-refractivity contribution in [3.05, 3.63) is 35.9 Å². The number of benzene rings is 1. The van der Waals surface area contributed by atoms with E-state index < -0.39 is 5.79 Å². The van der Waals surface area contributed by atoms with Crippen molar-refractivity contribution in [1.82, 2.24) is 4.90 Å². The van der Waals surface area contributed by atoms with E-state index in [9.17, 15) is 5.26 Å². The Balaban J connectivity index is 1.76. The predicted octanol–water partition coefficient (Wildman–Crippen LogP) is 2.48. The smallest absolute Gasteiger partial charge is 0.172 e. The van der Waals surface area contributed by atoms with Crippen molar-refractivity contribution in [3.8, 4) is 6.07 Å². The zero-order valence-corrected chi connectivity index (χ0v) is 11.8. The van der Waals surface area contributed by atoms with Crippen LogP contribution in [-0.2, 0) is 9.47 Å². The summed E-state index contributed by atoms with van der Waals surface area (Å²) in [5, 5.41) is 9.50. The van der Waals surface area contributed by atoms with Crippen LogP contribution in [0.4, 0.5) is 0 Å². The summed E-state index contributed by atoms with van der Waals surface area (Å²) in [6.45, 7) is 4.28. The molecule has 0 bridgehead atoms. The molecular weight excluding hydrogens is 252 g/mol. The monoisotopic (exact) mass is 272 g/mol. The van der Waals surface area contributed by atoms with Gasteiger partial charge in [-0.3, -0.25) is 4.90 Å². The van der Waals surface area contributed by atoms with Crippen LogP contribution in [0, 0.1) is 11.3 Å². The average Bonchev–Trinajstić information content (AvgIpc) is 2.95. The number of ether oxygens (including phenoxy) is 2. The second-order valence-corrected chi connectivity index (χ2v) is 5.53. The molecule has 0 aliphatic carbocycles. The first kappa shape index (κ1) is 13.6. The molecule has 0 amide bonds. The molecule has 2 atom stereocenters. The van der Waals surface area contributed by atoms with Crippen molar-refractivity contribution in [2.75, 3.05) is 19.8 Å². The number of nitrogens with zero attached hydrogens (tertiary/aromatic N) is 2. The van der Waals surface area contributed by atoms with E-state index in [0.29, 0.717) is 19.6 Å². The Morgan fingerprint density at radius 3 is 2.65 bits per heavy atom. The third kappa shape index (κ3) is 2.45. The number of hydrogen-bond donors (Lipinski definition) is 0. The van der Waals surface area contributed by atoms with Crippen LogP contribution in [0.1, 0.15) is 31.4 Å². The number of likely N-dealkylation sites (tertiary alicyclic amines) is 1. The van der Waals surface area contributed by atoms with Crippen molar-refractivity contribution < 1.29 is 9.47 Å². The normalized spacial score (nSPS) is 27.3. The highest BCUT2D eigenvalue weighted by Gasteiger charge is 2.45. The molecule has 0 radical (unpaired) electrons. The summed E-state index contributed by atoms with van der Waals surface area (Å²) in [6.07, 6.45) is 1.48. The molecule has 2 fully saturated rings. The van der Waals surface area contributed by atoms with Crippen molar-refractivity contribution in [3.63, 3.8) is 0 Å². The molecule has 4 heteroatoms. The van der Waals surface area contributed by atoms with Gasteiger partial charge in [0.1, 0.15) is 6.04 Å². The summed E-state index contributed by atoms with van der Waals surface area (Å²) < 4.78 is 11.5. The van der Waals surface area contributed by atoms with Gasteiger partial charge in [-0.1, -0.05) is 30.3 Å². The fraction of sp³-hybridized carbons (Fsp3) is 0.562. The lowest BCUT2D eigenvalue weighted by atomic mass is 9.93. The maximum absolute atomic E-state index is 9.50. The molecule has 0 N–H and O–H groups in total. The summed E-state index contributed by atoms with van der Waals surface area (Å²) >= 11 is 0. The van der Waals surface area contributed by atoms with Gasteiger partial charge in [0.05, 0.1) is 19.3 Å². The van der Waals surface area contributed by atoms with Gasteiger partial charge in [0.25, 0.3) is 0 Å². The number of rotatable bonds is 2. The Labute approximate surface area is 119 Å². The van der Waals surface area contributed by atoms with E-state index in [1.165, 1.54) is 5.56 Å². The number of hydrogen-bond acceptors (Lipinski definition) is 4. The molecule has 106 valence electrons. The summed E-state index contributed by atoms with van der Waals surface area (Å²) in [5.41, 5.74) is 1.25. The molecule has 2 heterocycles. The lowest BCUT2D eigenvalue weighted by Gasteiger charge is -2.43. The zero-order valence-electron chi connectivity index (χ0n) is 11.8. The quantitative estimate of drug-likeness (QED) is 0.829. The molecule has 0 unspecified atom stereocenters. The van der Waals surface area contributed by atoms with E-state index in [2.05, 4.69) is 30.0 Å². The SMILES string of the molecule is C[C@H](c1ccccc1)N1CCC2(C[C@@H]1C#N)OCCO2. The van der Waals surface area contributed by atoms with Gasteiger partial charge < -0.3 is 9.47 Å². The second kappa shape index (κ2) is 5.53. The molecule has 1 aromatic carbocycles. The standard InChI is InChI=1S/C16H20N2O2/c1-13(14-5-3-2-4-6-14)18-8-7-16(11-15(18)12-17)19-9-10-20-16/h2-6,13,15H,7-11H2,1H3/t13-,15-/m1/s1. The van der Waals surface area contributed by atoms with Crippen molar-refractivity contribution in [1.29, 1.82) is 5.26 Å². The molecule has 20 heavy (non-hydrogen) atoms. The van der Waals surface area contributed by atoms with E-state index in [0.717, 1.165) is 13.0 Å². The number of nitriles is 1. The molecule has 0 saturated carbocycles. The topological polar surface area (TPSA) is 45.5 Å². The van der Waals surface area contributed by atoms with Gasteiger partial charge in [-0.05, 0) is 12.5 Å². The summed E-state index contributed by atoms with van der Waals surface area (Å²) in [6, 6.07) is 12.8. The molecule has 1 spiro atoms. The summed E-state index contributed by atoms with van der Waals surface area (Å²) in [5.74, 6) is -0.507. The van der Waals surface area contributed by atoms with Gasteiger partial charge in [-0.2, -0.15) is 5.26 Å². The highest BCUT2D eigenvalue weighted by atomic mass is 16.7. The lowest BCUT2D eigenvalue weighted by Crippen LogP contribution is -2.51. The summed E-state index contributed by atoms with van der Waals surface area (Å²) in [7, 11) is 0. The van der Waals surface area contributed by atoms with E-state index >= 15 is 0 Å². The van der Waals surface area contributed by atoms with Gasteiger partial charge in [0.2, 0.25) is 0 Å². The third-order valence-corrected chi connectivity index (χ3v) is 4.40. The van der Waals surface area contributed by atoms with Gasteiger partial charge in [0, 0.05) is 25.4 Å². The Bertz CT molecular complexity index is 491. The van der Waals surface area contributed by atoms with Crippen molar-refractivity contribution in [2.24, 2.45) is 0 Å². The second-order valence-electron chi connectivity index (χ2n) is 5.53. The maximum Gasteiger partial charge on any atom is 0.172 e. The number of piperidine rings is 1. The Kier molecular flexibility index (Phi) is 3.75. The first-order valence-corrected chi connectivity index (χ1v) is 7.22. The fourth-order valence-corrected chi connectivity index (χ4v) is 3.23. The first-order valence-electron chi connectivity index (χ1n) is 7.22. The first-order chi connectivity index (χ1) is 9.74. The van der Waals surface area contributed by atoms with Crippen LogP contribution >= 0.6 is 0 Å². The van der Waals surface area contributed by atoms with Crippen molar-refractivity contribution >= 4 is 0 Å². The Hall–Kier alpha value is -1.41. The highest BCUT2D eigenvalue weighted by Crippen LogP contribution is 2.37. The average molecular weight is 272 g/mol. The minimum absolute atomic E-state index is 0.156. The van der Waals surface area contributed by atoms with Gasteiger partial charge in [-0.15, -0.1) is 0 Å². The van der Waals surface area contributed by atoms with Crippen molar-refractivity contribution in [2.45, 2.75) is 37.6 Å². The minimum Gasteiger partial charge on any atom is -0.347 e. The molecule has 4 nitrogen and oxygen atoms in total. The van der Waals surface area contributed by atoms with Crippen LogP contribution in [0.15, 0.2) is 30.3 Å². The fourth-order valence-electron chi connectivity index (χ4n) is 3.23. The highest BCUT2D eigenvalue weighted by molar-refractivity contribution is 5.19. The van der Waals surface area contributed by atoms with Gasteiger partial charge in [0.15, 0.2) is 5.79 Å². The zero-order chi connectivity index (χ0) is 14.0. The largest absolute Gasteiger partial charge is 0.347 e. The predicted molar refractivity (Wildman–Crippen MR) is 74.8 cm³/mol. The van der Waals surface area contributed by atoms with E-state index in [1.54, 1.807) is 0 Å². The molecule has 2 saturated heterocycles. The van der Waals surface area contributed by atoms with Gasteiger partial charge >= 0.3 is 0 Å². The van der Waals surface area contributed by atoms with Crippen LogP contribution in [-0.4, -0.2) is 36.5 Å².